The fourth-order valence-electron chi connectivity index (χ4n) is 2.01. The highest BCUT2D eigenvalue weighted by Gasteiger charge is 2.62. The average molecular weight is 230 g/mol. The molecule has 17 heavy (non-hydrogen) atoms. The third-order valence-corrected chi connectivity index (χ3v) is 2.78. The Bertz CT molecular complexity index is 585. The molecule has 1 aromatic heterocycles. The van der Waals surface area contributed by atoms with Gasteiger partial charge in [-0.05, 0) is 12.1 Å². The maximum absolute atomic E-state index is 12.1. The molecule has 84 valence electrons. The van der Waals surface area contributed by atoms with Crippen LogP contribution in [-0.2, 0) is 4.79 Å². The number of nitrogens with zero attached hydrogens (tertiary/aromatic N) is 2. The van der Waals surface area contributed by atoms with Crippen LogP contribution in [0, 0.1) is 0 Å². The van der Waals surface area contributed by atoms with Gasteiger partial charge in [0.05, 0.1) is 5.56 Å². The lowest BCUT2D eigenvalue weighted by Crippen LogP contribution is -2.49. The number of nitrogens with one attached hydrogen (secondary N) is 1. The molecule has 3 rings (SSSR count). The van der Waals surface area contributed by atoms with Gasteiger partial charge in [0.1, 0.15) is 5.69 Å². The molecular weight excluding hydrogens is 224 g/mol. The summed E-state index contributed by atoms with van der Waals surface area (Å²) in [6, 6.07) is 2.96. The van der Waals surface area contributed by atoms with Crippen LogP contribution >= 0.6 is 0 Å². The summed E-state index contributed by atoms with van der Waals surface area (Å²) < 4.78 is 0. The zero-order valence-corrected chi connectivity index (χ0v) is 8.43. The summed E-state index contributed by atoms with van der Waals surface area (Å²) in [5.74, 6) is -2.45. The fourth-order valence-corrected chi connectivity index (χ4v) is 2.01. The van der Waals surface area contributed by atoms with E-state index in [-0.39, 0.29) is 17.2 Å². The number of guanidine groups is 1. The van der Waals surface area contributed by atoms with Gasteiger partial charge in [0.25, 0.3) is 11.4 Å². The first-order valence-electron chi connectivity index (χ1n) is 4.79. The second kappa shape index (κ2) is 2.76. The maximum atomic E-state index is 12.1. The summed E-state index contributed by atoms with van der Waals surface area (Å²) >= 11 is 0. The second-order valence-electron chi connectivity index (χ2n) is 3.72. The van der Waals surface area contributed by atoms with E-state index in [2.05, 4.69) is 15.3 Å². The van der Waals surface area contributed by atoms with Crippen molar-refractivity contribution in [2.75, 3.05) is 0 Å². The second-order valence-corrected chi connectivity index (χ2v) is 3.72. The van der Waals surface area contributed by atoms with Gasteiger partial charge < -0.3 is 5.73 Å². The number of fused-ring (bicyclic) bond motifs is 1. The van der Waals surface area contributed by atoms with Gasteiger partial charge in [-0.3, -0.25) is 24.7 Å². The van der Waals surface area contributed by atoms with Gasteiger partial charge in [-0.1, -0.05) is 0 Å². The molecule has 1 atom stereocenters. The maximum Gasteiger partial charge on any atom is 0.271 e. The summed E-state index contributed by atoms with van der Waals surface area (Å²) in [6.07, 6.45) is 1.38. The summed E-state index contributed by atoms with van der Waals surface area (Å²) in [4.78, 5) is 43.4. The van der Waals surface area contributed by atoms with Crippen molar-refractivity contribution in [3.8, 4) is 0 Å². The lowest BCUT2D eigenvalue weighted by atomic mass is 9.94. The van der Waals surface area contributed by atoms with Crippen LogP contribution in [0.5, 0.6) is 0 Å². The number of hydrogen-bond donors (Lipinski definition) is 2. The van der Waals surface area contributed by atoms with Gasteiger partial charge in [-0.25, -0.2) is 4.99 Å². The molecular formula is C10H6N4O3. The molecule has 0 saturated heterocycles. The molecule has 7 nitrogen and oxygen atoms in total. The Morgan fingerprint density at radius 2 is 2.00 bits per heavy atom. The van der Waals surface area contributed by atoms with E-state index in [1.165, 1.54) is 18.3 Å². The van der Waals surface area contributed by atoms with Crippen LogP contribution in [0.4, 0.5) is 0 Å². The van der Waals surface area contributed by atoms with Crippen LogP contribution in [0.25, 0.3) is 0 Å². The van der Waals surface area contributed by atoms with Crippen LogP contribution in [0.2, 0.25) is 0 Å². The Labute approximate surface area is 94.7 Å². The van der Waals surface area contributed by atoms with Crippen LogP contribution in [0.3, 0.4) is 0 Å². The van der Waals surface area contributed by atoms with Crippen molar-refractivity contribution in [3.05, 3.63) is 29.6 Å². The molecule has 0 radical (unpaired) electrons. The Balaban J connectivity index is 2.29. The van der Waals surface area contributed by atoms with Crippen molar-refractivity contribution in [2.45, 2.75) is 5.54 Å². The highest BCUT2D eigenvalue weighted by atomic mass is 16.2. The van der Waals surface area contributed by atoms with E-state index in [1.54, 1.807) is 0 Å². The normalized spacial score (nSPS) is 26.1. The Morgan fingerprint density at radius 3 is 2.59 bits per heavy atom. The fraction of sp³-hybridized carbons (Fsp3) is 0.100. The highest BCUT2D eigenvalue weighted by Crippen LogP contribution is 2.33. The van der Waals surface area contributed by atoms with E-state index in [1.807, 2.05) is 0 Å². The van der Waals surface area contributed by atoms with E-state index >= 15 is 0 Å². The van der Waals surface area contributed by atoms with Crippen molar-refractivity contribution in [2.24, 2.45) is 10.7 Å². The minimum Gasteiger partial charge on any atom is -0.370 e. The lowest BCUT2D eigenvalue weighted by molar-refractivity contribution is -0.120. The minimum atomic E-state index is -2.08. The number of pyridine rings is 1. The van der Waals surface area contributed by atoms with Crippen molar-refractivity contribution in [3.63, 3.8) is 0 Å². The predicted molar refractivity (Wildman–Crippen MR) is 55.4 cm³/mol. The van der Waals surface area contributed by atoms with E-state index in [9.17, 15) is 14.4 Å². The number of carbonyl (C=O) groups excluding carboxylic acids is 3. The van der Waals surface area contributed by atoms with E-state index in [0.717, 1.165) is 0 Å². The first-order valence-corrected chi connectivity index (χ1v) is 4.79. The molecule has 0 saturated carbocycles. The van der Waals surface area contributed by atoms with Crippen molar-refractivity contribution < 1.29 is 14.4 Å². The first kappa shape index (κ1) is 9.64. The number of Topliss-reactive ketones (excluding diaryl/α,β-unsaturated/α-hetero) is 2. The van der Waals surface area contributed by atoms with Crippen LogP contribution in [-0.4, -0.2) is 34.0 Å². The van der Waals surface area contributed by atoms with Crippen LogP contribution < -0.4 is 11.1 Å². The molecule has 3 N–H and O–H groups in total. The quantitative estimate of drug-likeness (QED) is 0.534. The average Bonchev–Trinajstić information content (AvgIpc) is 2.72. The molecule has 7 heteroatoms. The number of aliphatic imine (C=N–C) groups is 1. The molecule has 0 bridgehead atoms. The summed E-state index contributed by atoms with van der Waals surface area (Å²) in [5.41, 5.74) is 3.32. The topological polar surface area (TPSA) is 115 Å². The Hall–Kier alpha value is -2.57. The largest absolute Gasteiger partial charge is 0.370 e. The molecule has 1 spiro atoms. The summed E-state index contributed by atoms with van der Waals surface area (Å²) in [5, 5.41) is 2.16. The van der Waals surface area contributed by atoms with Crippen molar-refractivity contribution >= 4 is 23.4 Å². The lowest BCUT2D eigenvalue weighted by Gasteiger charge is -2.10. The molecule has 1 aliphatic heterocycles. The SMILES string of the molecule is NC1=NC2(C(=O)N1)C(=O)c1cccnc1C2=O. The molecule has 0 fully saturated rings. The molecule has 1 amide bonds. The predicted octanol–water partition coefficient (Wildman–Crippen LogP) is -1.36. The van der Waals surface area contributed by atoms with Gasteiger partial charge in [-0.15, -0.1) is 0 Å². The molecule has 0 aromatic carbocycles. The number of nitrogens with two attached hydrogens (primary N) is 1. The van der Waals surface area contributed by atoms with E-state index in [0.29, 0.717) is 0 Å². The number of aromatic nitrogens is 1. The molecule has 1 unspecified atom stereocenters. The van der Waals surface area contributed by atoms with Gasteiger partial charge in [0.15, 0.2) is 5.96 Å². The molecule has 1 aromatic rings. The Morgan fingerprint density at radius 1 is 1.24 bits per heavy atom. The third kappa shape index (κ3) is 0.930. The molecule has 2 heterocycles. The number of ketones is 2. The number of hydrogen-bond acceptors (Lipinski definition) is 6. The van der Waals surface area contributed by atoms with Crippen LogP contribution in [0.15, 0.2) is 23.3 Å². The minimum absolute atomic E-state index is 0.0360. The third-order valence-electron chi connectivity index (χ3n) is 2.78. The number of carbonyl (C=O) groups is 3. The van der Waals surface area contributed by atoms with Gasteiger partial charge in [0, 0.05) is 6.20 Å². The first-order chi connectivity index (χ1) is 8.07. The van der Waals surface area contributed by atoms with Gasteiger partial charge in [0.2, 0.25) is 11.6 Å². The summed E-state index contributed by atoms with van der Waals surface area (Å²) in [6.45, 7) is 0. The standard InChI is InChI=1S/C10H6N4O3/c11-9-13-8(17)10(14-9)6(15)4-2-1-3-12-5(4)7(10)16/h1-3H,(H3,11,13,14,17). The molecule has 2 aliphatic rings. The zero-order chi connectivity index (χ0) is 12.2. The van der Waals surface area contributed by atoms with Crippen molar-refractivity contribution in [1.82, 2.24) is 10.3 Å². The van der Waals surface area contributed by atoms with Crippen molar-refractivity contribution in [1.29, 1.82) is 0 Å². The van der Waals surface area contributed by atoms with E-state index in [4.69, 9.17) is 5.73 Å². The zero-order valence-electron chi connectivity index (χ0n) is 8.43. The van der Waals surface area contributed by atoms with Gasteiger partial charge >= 0.3 is 0 Å². The highest BCUT2D eigenvalue weighted by molar-refractivity contribution is 6.45. The smallest absolute Gasteiger partial charge is 0.271 e. The number of rotatable bonds is 0. The number of amides is 1. The Kier molecular flexibility index (Phi) is 1.56. The van der Waals surface area contributed by atoms with E-state index < -0.39 is 23.0 Å². The monoisotopic (exact) mass is 230 g/mol. The summed E-state index contributed by atoms with van der Waals surface area (Å²) in [7, 11) is 0. The van der Waals surface area contributed by atoms with Crippen LogP contribution in [0.1, 0.15) is 20.8 Å². The van der Waals surface area contributed by atoms with Gasteiger partial charge in [-0.2, -0.15) is 0 Å². The molecule has 1 aliphatic carbocycles.